The predicted octanol–water partition coefficient (Wildman–Crippen LogP) is 1.54. The van der Waals surface area contributed by atoms with Crippen LogP contribution in [0.2, 0.25) is 0 Å². The monoisotopic (exact) mass is 324 g/mol. The number of urea groups is 1. The Balaban J connectivity index is 1.68. The molecule has 0 aromatic heterocycles. The van der Waals surface area contributed by atoms with Crippen LogP contribution in [0.25, 0.3) is 0 Å². The van der Waals surface area contributed by atoms with Gasteiger partial charge in [-0.1, -0.05) is 6.07 Å². The third kappa shape index (κ3) is 3.58. The van der Waals surface area contributed by atoms with Crippen molar-refractivity contribution >= 4 is 23.3 Å². The first-order valence-electron chi connectivity index (χ1n) is 7.52. The number of halogens is 2. The molecule has 23 heavy (non-hydrogen) atoms. The zero-order valence-electron chi connectivity index (χ0n) is 12.4. The van der Waals surface area contributed by atoms with Crippen LogP contribution >= 0.6 is 0 Å². The molecule has 3 rings (SSSR count). The third-order valence-electron chi connectivity index (χ3n) is 3.93. The Morgan fingerprint density at radius 1 is 1.39 bits per heavy atom. The van der Waals surface area contributed by atoms with Gasteiger partial charge in [0.2, 0.25) is 5.91 Å². The number of carbonyl (C=O) groups is 2. The van der Waals surface area contributed by atoms with Crippen LogP contribution in [0.15, 0.2) is 24.3 Å². The third-order valence-corrected chi connectivity index (χ3v) is 3.93. The van der Waals surface area contributed by atoms with Gasteiger partial charge in [-0.3, -0.25) is 15.0 Å². The van der Waals surface area contributed by atoms with Crippen molar-refractivity contribution in [2.24, 2.45) is 0 Å². The van der Waals surface area contributed by atoms with Gasteiger partial charge < -0.3 is 10.6 Å². The Hall–Kier alpha value is -2.22. The van der Waals surface area contributed by atoms with Crippen LogP contribution in [0.4, 0.5) is 25.0 Å². The molecule has 124 valence electrons. The number of anilines is 2. The minimum atomic E-state index is -2.85. The van der Waals surface area contributed by atoms with Gasteiger partial charge in [0.05, 0.1) is 12.6 Å². The average Bonchev–Trinajstić information content (AvgIpc) is 2.88. The minimum absolute atomic E-state index is 0.183. The molecule has 2 fully saturated rings. The fourth-order valence-corrected chi connectivity index (χ4v) is 2.76. The second-order valence-corrected chi connectivity index (χ2v) is 5.77. The number of benzene rings is 1. The molecule has 0 radical (unpaired) electrons. The number of hydrogen-bond donors (Lipinski definition) is 3. The van der Waals surface area contributed by atoms with Crippen LogP contribution in [0.3, 0.4) is 0 Å². The summed E-state index contributed by atoms with van der Waals surface area (Å²) in [5, 5.41) is 7.89. The van der Waals surface area contributed by atoms with E-state index >= 15 is 0 Å². The molecule has 1 unspecified atom stereocenters. The topological polar surface area (TPSA) is 73.5 Å². The number of carbonyl (C=O) groups excluding carboxylic acids is 2. The second kappa shape index (κ2) is 6.11. The first kappa shape index (κ1) is 15.7. The van der Waals surface area contributed by atoms with E-state index in [-0.39, 0.29) is 6.03 Å². The van der Waals surface area contributed by atoms with E-state index in [1.165, 1.54) is 0 Å². The fourth-order valence-electron chi connectivity index (χ4n) is 2.76. The van der Waals surface area contributed by atoms with Gasteiger partial charge in [-0.15, -0.1) is 0 Å². The Labute approximate surface area is 132 Å². The van der Waals surface area contributed by atoms with Crippen molar-refractivity contribution in [3.63, 3.8) is 0 Å². The highest BCUT2D eigenvalue weighted by Gasteiger charge is 2.42. The molecule has 1 aromatic carbocycles. The quantitative estimate of drug-likeness (QED) is 0.790. The van der Waals surface area contributed by atoms with Gasteiger partial charge >= 0.3 is 6.03 Å². The van der Waals surface area contributed by atoms with Gasteiger partial charge in [-0.25, -0.2) is 13.6 Å². The van der Waals surface area contributed by atoms with Crippen molar-refractivity contribution in [2.45, 2.75) is 24.8 Å². The molecule has 0 bridgehead atoms. The molecule has 0 spiro atoms. The Bertz CT molecular complexity index is 623. The summed E-state index contributed by atoms with van der Waals surface area (Å²) in [6.07, 6.45) is 0.330. The van der Waals surface area contributed by atoms with E-state index in [0.29, 0.717) is 24.5 Å². The van der Waals surface area contributed by atoms with Crippen LogP contribution in [-0.4, -0.2) is 43.5 Å². The number of nitrogens with one attached hydrogen (secondary N) is 3. The summed E-state index contributed by atoms with van der Waals surface area (Å²) in [7, 11) is 0. The SMILES string of the molecule is O=C(Nc1cccc(N2CCCNC2=O)c1)C1CC(F)(F)CN1. The highest BCUT2D eigenvalue weighted by atomic mass is 19.3. The maximum absolute atomic E-state index is 13.2. The van der Waals surface area contributed by atoms with E-state index in [0.717, 1.165) is 6.42 Å². The van der Waals surface area contributed by atoms with Gasteiger partial charge in [0.15, 0.2) is 0 Å². The molecule has 0 aliphatic carbocycles. The van der Waals surface area contributed by atoms with E-state index in [4.69, 9.17) is 0 Å². The van der Waals surface area contributed by atoms with Crippen molar-refractivity contribution in [1.82, 2.24) is 10.6 Å². The van der Waals surface area contributed by atoms with Crippen LogP contribution in [-0.2, 0) is 4.79 Å². The molecule has 6 nitrogen and oxygen atoms in total. The molecule has 2 heterocycles. The highest BCUT2D eigenvalue weighted by Crippen LogP contribution is 2.26. The van der Waals surface area contributed by atoms with Gasteiger partial charge in [0, 0.05) is 30.9 Å². The van der Waals surface area contributed by atoms with Crippen molar-refractivity contribution in [3.05, 3.63) is 24.3 Å². The van der Waals surface area contributed by atoms with Crippen LogP contribution in [0, 0.1) is 0 Å². The summed E-state index contributed by atoms with van der Waals surface area (Å²) in [4.78, 5) is 25.5. The predicted molar refractivity (Wildman–Crippen MR) is 81.8 cm³/mol. The molecule has 0 saturated carbocycles. The zero-order valence-corrected chi connectivity index (χ0v) is 12.4. The van der Waals surface area contributed by atoms with Gasteiger partial charge in [-0.2, -0.15) is 0 Å². The lowest BCUT2D eigenvalue weighted by Crippen LogP contribution is -2.46. The van der Waals surface area contributed by atoms with Crippen molar-refractivity contribution < 1.29 is 18.4 Å². The first-order valence-corrected chi connectivity index (χ1v) is 7.52. The minimum Gasteiger partial charge on any atom is -0.338 e. The van der Waals surface area contributed by atoms with E-state index in [1.807, 2.05) is 0 Å². The van der Waals surface area contributed by atoms with Gasteiger partial charge in [-0.05, 0) is 24.6 Å². The molecule has 1 aromatic rings. The van der Waals surface area contributed by atoms with E-state index in [1.54, 1.807) is 29.2 Å². The fraction of sp³-hybridized carbons (Fsp3) is 0.467. The number of hydrogen-bond acceptors (Lipinski definition) is 3. The number of rotatable bonds is 3. The molecule has 1 atom stereocenters. The Kier molecular flexibility index (Phi) is 4.16. The summed E-state index contributed by atoms with van der Waals surface area (Å²) in [6.45, 7) is 0.756. The molecule has 2 aliphatic heterocycles. The van der Waals surface area contributed by atoms with Gasteiger partial charge in [0.1, 0.15) is 0 Å². The lowest BCUT2D eigenvalue weighted by Gasteiger charge is -2.27. The lowest BCUT2D eigenvalue weighted by atomic mass is 10.1. The van der Waals surface area contributed by atoms with Crippen molar-refractivity contribution in [3.8, 4) is 0 Å². The maximum atomic E-state index is 13.2. The van der Waals surface area contributed by atoms with E-state index in [9.17, 15) is 18.4 Å². The zero-order chi connectivity index (χ0) is 16.4. The maximum Gasteiger partial charge on any atom is 0.321 e. The smallest absolute Gasteiger partial charge is 0.321 e. The number of amides is 3. The Morgan fingerprint density at radius 2 is 2.22 bits per heavy atom. The van der Waals surface area contributed by atoms with Gasteiger partial charge in [0.25, 0.3) is 5.92 Å². The normalized spacial score (nSPS) is 23.5. The molecular weight excluding hydrogens is 306 g/mol. The Morgan fingerprint density at radius 3 is 2.91 bits per heavy atom. The summed E-state index contributed by atoms with van der Waals surface area (Å²) in [5.41, 5.74) is 1.13. The first-order chi connectivity index (χ1) is 10.9. The average molecular weight is 324 g/mol. The molecule has 2 aliphatic rings. The molecule has 3 N–H and O–H groups in total. The lowest BCUT2D eigenvalue weighted by molar-refractivity contribution is -0.118. The summed E-state index contributed by atoms with van der Waals surface area (Å²) in [6, 6.07) is 5.71. The summed E-state index contributed by atoms with van der Waals surface area (Å²) in [5.74, 6) is -3.35. The largest absolute Gasteiger partial charge is 0.338 e. The molecular formula is C15H18F2N4O2. The standard InChI is InChI=1S/C15H18F2N4O2/c16-15(17)8-12(19-9-15)13(22)20-10-3-1-4-11(7-10)21-6-2-5-18-14(21)23/h1,3-4,7,12,19H,2,5-6,8-9H2,(H,18,23)(H,20,22). The highest BCUT2D eigenvalue weighted by molar-refractivity contribution is 5.97. The van der Waals surface area contributed by atoms with Crippen LogP contribution in [0.5, 0.6) is 0 Å². The molecule has 8 heteroatoms. The summed E-state index contributed by atoms with van der Waals surface area (Å²) < 4.78 is 26.3. The number of alkyl halides is 2. The van der Waals surface area contributed by atoms with Crippen LogP contribution < -0.4 is 20.9 Å². The molecule has 3 amide bonds. The van der Waals surface area contributed by atoms with E-state index < -0.39 is 30.8 Å². The second-order valence-electron chi connectivity index (χ2n) is 5.77. The molecule has 2 saturated heterocycles. The number of nitrogens with zero attached hydrogens (tertiary/aromatic N) is 1. The van der Waals surface area contributed by atoms with Crippen molar-refractivity contribution in [2.75, 3.05) is 29.9 Å². The van der Waals surface area contributed by atoms with Crippen LogP contribution in [0.1, 0.15) is 12.8 Å². The van der Waals surface area contributed by atoms with E-state index in [2.05, 4.69) is 16.0 Å². The van der Waals surface area contributed by atoms with Crippen molar-refractivity contribution in [1.29, 1.82) is 0 Å². The summed E-state index contributed by atoms with van der Waals surface area (Å²) >= 11 is 0.